The van der Waals surface area contributed by atoms with Crippen molar-refractivity contribution >= 4 is 23.2 Å². The summed E-state index contributed by atoms with van der Waals surface area (Å²) in [5.74, 6) is 0.690. The van der Waals surface area contributed by atoms with Crippen molar-refractivity contribution in [3.8, 4) is 11.3 Å². The molecule has 0 spiro atoms. The van der Waals surface area contributed by atoms with Crippen LogP contribution < -0.4 is 5.32 Å². The third-order valence-corrected chi connectivity index (χ3v) is 3.82. The maximum absolute atomic E-state index is 6.19. The molecule has 1 aromatic carbocycles. The van der Waals surface area contributed by atoms with Gasteiger partial charge >= 0.3 is 0 Å². The van der Waals surface area contributed by atoms with E-state index in [9.17, 15) is 0 Å². The van der Waals surface area contributed by atoms with Crippen molar-refractivity contribution in [1.29, 1.82) is 0 Å². The zero-order valence-corrected chi connectivity index (χ0v) is 11.1. The van der Waals surface area contributed by atoms with E-state index in [1.54, 1.807) is 12.3 Å². The molecule has 1 N–H and O–H groups in total. The first-order valence-corrected chi connectivity index (χ1v) is 6.62. The molecule has 0 aliphatic heterocycles. The van der Waals surface area contributed by atoms with E-state index in [1.807, 2.05) is 12.1 Å². The third kappa shape index (κ3) is 2.39. The molecule has 5 heteroatoms. The van der Waals surface area contributed by atoms with Crippen LogP contribution in [-0.2, 0) is 6.54 Å². The number of rotatable bonds is 4. The van der Waals surface area contributed by atoms with Gasteiger partial charge in [-0.3, -0.25) is 0 Å². The molecule has 0 unspecified atom stereocenters. The summed E-state index contributed by atoms with van der Waals surface area (Å²) >= 11 is 12.2. The van der Waals surface area contributed by atoms with Crippen molar-refractivity contribution in [3.63, 3.8) is 0 Å². The minimum absolute atomic E-state index is 0.503. The largest absolute Gasteiger partial charge is 0.356 e. The summed E-state index contributed by atoms with van der Waals surface area (Å²) < 4.78 is 5.31. The molecular weight excluding hydrogens is 271 g/mol. The van der Waals surface area contributed by atoms with E-state index in [2.05, 4.69) is 10.5 Å². The topological polar surface area (TPSA) is 38.1 Å². The Balaban J connectivity index is 1.90. The first-order valence-electron chi connectivity index (χ1n) is 5.87. The second-order valence-electron chi connectivity index (χ2n) is 4.44. The van der Waals surface area contributed by atoms with E-state index in [0.29, 0.717) is 21.8 Å². The molecule has 1 aliphatic carbocycles. The Hall–Kier alpha value is -1.03. The van der Waals surface area contributed by atoms with Gasteiger partial charge in [-0.15, -0.1) is 0 Å². The number of aromatic nitrogens is 1. The summed E-state index contributed by atoms with van der Waals surface area (Å²) in [6, 6.07) is 6.13. The summed E-state index contributed by atoms with van der Waals surface area (Å²) in [7, 11) is 0. The van der Waals surface area contributed by atoms with Gasteiger partial charge in [0.2, 0.25) is 0 Å². The first kappa shape index (κ1) is 12.0. The molecule has 18 heavy (non-hydrogen) atoms. The number of hydrogen-bond donors (Lipinski definition) is 1. The monoisotopic (exact) mass is 282 g/mol. The van der Waals surface area contributed by atoms with Crippen molar-refractivity contribution in [3.05, 3.63) is 40.0 Å². The van der Waals surface area contributed by atoms with Gasteiger partial charge in [0.15, 0.2) is 5.76 Å². The van der Waals surface area contributed by atoms with Crippen LogP contribution in [0.15, 0.2) is 28.9 Å². The van der Waals surface area contributed by atoms with Crippen LogP contribution in [0.3, 0.4) is 0 Å². The molecular formula is C13H12Cl2N2O. The lowest BCUT2D eigenvalue weighted by Gasteiger charge is -2.05. The summed E-state index contributed by atoms with van der Waals surface area (Å²) in [5.41, 5.74) is 1.79. The Kier molecular flexibility index (Phi) is 3.29. The second-order valence-corrected chi connectivity index (χ2v) is 5.22. The summed E-state index contributed by atoms with van der Waals surface area (Å²) in [4.78, 5) is 0. The van der Waals surface area contributed by atoms with Crippen LogP contribution >= 0.6 is 23.2 Å². The molecule has 1 saturated carbocycles. The Bertz CT molecular complexity index is 564. The maximum atomic E-state index is 6.19. The van der Waals surface area contributed by atoms with Crippen LogP contribution in [0.2, 0.25) is 10.0 Å². The zero-order valence-electron chi connectivity index (χ0n) is 9.62. The average Bonchev–Trinajstić information content (AvgIpc) is 3.08. The van der Waals surface area contributed by atoms with E-state index in [-0.39, 0.29) is 0 Å². The van der Waals surface area contributed by atoms with Gasteiger partial charge in [-0.2, -0.15) is 0 Å². The lowest BCUT2D eigenvalue weighted by molar-refractivity contribution is 0.431. The highest BCUT2D eigenvalue weighted by molar-refractivity contribution is 6.43. The lowest BCUT2D eigenvalue weighted by atomic mass is 10.1. The second kappa shape index (κ2) is 4.92. The zero-order chi connectivity index (χ0) is 12.5. The number of nitrogens with one attached hydrogen (secondary N) is 1. The normalized spacial score (nSPS) is 15.0. The van der Waals surface area contributed by atoms with E-state index < -0.39 is 0 Å². The minimum Gasteiger partial charge on any atom is -0.356 e. The van der Waals surface area contributed by atoms with Gasteiger partial charge in [-0.1, -0.05) is 34.4 Å². The molecule has 1 heterocycles. The Morgan fingerprint density at radius 2 is 2.17 bits per heavy atom. The summed E-state index contributed by atoms with van der Waals surface area (Å²) in [6.07, 6.45) is 4.22. The number of nitrogens with zero attached hydrogens (tertiary/aromatic N) is 1. The van der Waals surface area contributed by atoms with E-state index in [4.69, 9.17) is 27.7 Å². The Morgan fingerprint density at radius 3 is 2.94 bits per heavy atom. The minimum atomic E-state index is 0.503. The first-order chi connectivity index (χ1) is 8.75. The highest BCUT2D eigenvalue weighted by Gasteiger charge is 2.22. The number of hydrogen-bond acceptors (Lipinski definition) is 3. The van der Waals surface area contributed by atoms with Gasteiger partial charge in [-0.05, 0) is 25.0 Å². The summed E-state index contributed by atoms with van der Waals surface area (Å²) in [6.45, 7) is 0.742. The fourth-order valence-corrected chi connectivity index (χ4v) is 2.22. The molecule has 1 fully saturated rings. The van der Waals surface area contributed by atoms with Crippen molar-refractivity contribution in [2.45, 2.75) is 25.4 Å². The fourth-order valence-electron chi connectivity index (χ4n) is 1.83. The fraction of sp³-hybridized carbons (Fsp3) is 0.308. The third-order valence-electron chi connectivity index (χ3n) is 3.00. The van der Waals surface area contributed by atoms with Crippen LogP contribution in [0, 0.1) is 0 Å². The quantitative estimate of drug-likeness (QED) is 0.924. The Morgan fingerprint density at radius 1 is 1.33 bits per heavy atom. The van der Waals surface area contributed by atoms with Gasteiger partial charge in [0.05, 0.1) is 16.2 Å². The van der Waals surface area contributed by atoms with Crippen molar-refractivity contribution < 1.29 is 4.52 Å². The van der Waals surface area contributed by atoms with Crippen LogP contribution in [0.25, 0.3) is 11.3 Å². The van der Waals surface area contributed by atoms with Gasteiger partial charge < -0.3 is 9.84 Å². The van der Waals surface area contributed by atoms with Crippen molar-refractivity contribution in [2.75, 3.05) is 0 Å². The van der Waals surface area contributed by atoms with E-state index in [1.165, 1.54) is 12.8 Å². The predicted molar refractivity (Wildman–Crippen MR) is 71.8 cm³/mol. The van der Waals surface area contributed by atoms with Gasteiger partial charge in [0.25, 0.3) is 0 Å². The molecule has 0 atom stereocenters. The molecule has 2 aromatic rings. The standard InChI is InChI=1S/C13H12Cl2N2O/c14-11-3-1-2-10(12(11)15)13-8(7-17-18-13)6-16-9-4-5-9/h1-3,7,9,16H,4-6H2. The average molecular weight is 283 g/mol. The lowest BCUT2D eigenvalue weighted by Crippen LogP contribution is -2.15. The van der Waals surface area contributed by atoms with Crippen molar-refractivity contribution in [2.24, 2.45) is 0 Å². The molecule has 0 bridgehead atoms. The molecule has 1 aliphatic rings. The predicted octanol–water partition coefficient (Wildman–Crippen LogP) is 3.90. The summed E-state index contributed by atoms with van der Waals surface area (Å²) in [5, 5.41) is 8.30. The molecule has 3 nitrogen and oxygen atoms in total. The van der Waals surface area contributed by atoms with Gasteiger partial charge in [0.1, 0.15) is 0 Å². The molecule has 0 amide bonds. The van der Waals surface area contributed by atoms with Crippen LogP contribution in [0.1, 0.15) is 18.4 Å². The number of benzene rings is 1. The van der Waals surface area contributed by atoms with E-state index in [0.717, 1.165) is 17.7 Å². The van der Waals surface area contributed by atoms with Crippen LogP contribution in [0.4, 0.5) is 0 Å². The van der Waals surface area contributed by atoms with Gasteiger partial charge in [-0.25, -0.2) is 0 Å². The molecule has 0 saturated heterocycles. The number of halogens is 2. The highest BCUT2D eigenvalue weighted by Crippen LogP contribution is 2.35. The molecule has 94 valence electrons. The molecule has 1 aromatic heterocycles. The molecule has 0 radical (unpaired) electrons. The van der Waals surface area contributed by atoms with Gasteiger partial charge in [0, 0.05) is 23.7 Å². The Labute approximate surface area is 115 Å². The van der Waals surface area contributed by atoms with Crippen molar-refractivity contribution in [1.82, 2.24) is 10.5 Å². The highest BCUT2D eigenvalue weighted by atomic mass is 35.5. The van der Waals surface area contributed by atoms with E-state index >= 15 is 0 Å². The molecule has 3 rings (SSSR count). The van der Waals surface area contributed by atoms with Crippen LogP contribution in [0.5, 0.6) is 0 Å². The smallest absolute Gasteiger partial charge is 0.172 e. The van der Waals surface area contributed by atoms with Crippen LogP contribution in [-0.4, -0.2) is 11.2 Å². The SMILES string of the molecule is Clc1cccc(-c2oncc2CNC2CC2)c1Cl. The maximum Gasteiger partial charge on any atom is 0.172 e.